The van der Waals surface area contributed by atoms with E-state index in [0.717, 1.165) is 11.4 Å². The maximum absolute atomic E-state index is 12.1. The van der Waals surface area contributed by atoms with Gasteiger partial charge in [-0.2, -0.15) is 0 Å². The molecule has 0 atom stereocenters. The monoisotopic (exact) mass is 384 g/mol. The largest absolute Gasteiger partial charge is 0.325 e. The highest BCUT2D eigenvalue weighted by Gasteiger charge is 2.14. The van der Waals surface area contributed by atoms with E-state index >= 15 is 0 Å². The van der Waals surface area contributed by atoms with Gasteiger partial charge in [0.15, 0.2) is 11.0 Å². The molecule has 0 bridgehead atoms. The summed E-state index contributed by atoms with van der Waals surface area (Å²) in [6.45, 7) is 2.64. The first kappa shape index (κ1) is 18.5. The predicted octanol–water partition coefficient (Wildman–Crippen LogP) is 3.00. The van der Waals surface area contributed by atoms with Crippen LogP contribution in [-0.4, -0.2) is 36.3 Å². The molecule has 0 saturated carbocycles. The summed E-state index contributed by atoms with van der Waals surface area (Å²) in [5, 5.41) is 22.4. The predicted molar refractivity (Wildman–Crippen MR) is 101 cm³/mol. The number of benzene rings is 1. The van der Waals surface area contributed by atoms with Crippen LogP contribution in [0.25, 0.3) is 11.4 Å². The van der Waals surface area contributed by atoms with E-state index in [0.29, 0.717) is 17.4 Å². The molecule has 0 unspecified atom stereocenters. The van der Waals surface area contributed by atoms with Gasteiger partial charge in [-0.3, -0.25) is 19.9 Å². The van der Waals surface area contributed by atoms with Gasteiger partial charge in [-0.25, -0.2) is 0 Å². The van der Waals surface area contributed by atoms with Crippen LogP contribution in [0.15, 0.2) is 53.9 Å². The molecule has 1 amide bonds. The quantitative estimate of drug-likeness (QED) is 0.378. The number of thioether (sulfide) groups is 1. The Labute approximate surface area is 159 Å². The van der Waals surface area contributed by atoms with E-state index in [1.54, 1.807) is 12.4 Å². The third kappa shape index (κ3) is 4.47. The average Bonchev–Trinajstić information content (AvgIpc) is 3.10. The number of non-ortho nitro benzene ring substituents is 1. The highest BCUT2D eigenvalue weighted by molar-refractivity contribution is 7.99. The number of hydrogen-bond acceptors (Lipinski definition) is 7. The molecule has 2 aromatic heterocycles. The van der Waals surface area contributed by atoms with Crippen molar-refractivity contribution in [2.75, 3.05) is 11.1 Å². The van der Waals surface area contributed by atoms with Gasteiger partial charge in [0.1, 0.15) is 0 Å². The summed E-state index contributed by atoms with van der Waals surface area (Å²) < 4.78 is 1.93. The summed E-state index contributed by atoms with van der Waals surface area (Å²) in [6, 6.07) is 9.39. The second-order valence-electron chi connectivity index (χ2n) is 5.43. The van der Waals surface area contributed by atoms with Gasteiger partial charge < -0.3 is 9.88 Å². The second-order valence-corrected chi connectivity index (χ2v) is 6.37. The minimum atomic E-state index is -0.487. The fraction of sp³-hybridized carbons (Fsp3) is 0.176. The van der Waals surface area contributed by atoms with Crippen molar-refractivity contribution < 1.29 is 9.72 Å². The lowest BCUT2D eigenvalue weighted by molar-refractivity contribution is -0.384. The molecule has 3 aromatic rings. The molecule has 0 saturated heterocycles. The Morgan fingerprint density at radius 1 is 1.19 bits per heavy atom. The van der Waals surface area contributed by atoms with Crippen molar-refractivity contribution in [3.8, 4) is 11.4 Å². The number of rotatable bonds is 7. The molecule has 0 spiro atoms. The van der Waals surface area contributed by atoms with Crippen molar-refractivity contribution in [3.63, 3.8) is 0 Å². The number of pyridine rings is 1. The van der Waals surface area contributed by atoms with Gasteiger partial charge in [0, 0.05) is 42.3 Å². The molecular weight excluding hydrogens is 368 g/mol. The molecule has 10 heteroatoms. The normalized spacial score (nSPS) is 10.6. The highest BCUT2D eigenvalue weighted by Crippen LogP contribution is 2.24. The number of nitro groups is 1. The van der Waals surface area contributed by atoms with Crippen LogP contribution >= 0.6 is 11.8 Å². The van der Waals surface area contributed by atoms with Gasteiger partial charge >= 0.3 is 0 Å². The first-order valence-corrected chi connectivity index (χ1v) is 9.07. The van der Waals surface area contributed by atoms with Crippen molar-refractivity contribution in [2.45, 2.75) is 18.6 Å². The average molecular weight is 384 g/mol. The van der Waals surface area contributed by atoms with Crippen LogP contribution in [0.2, 0.25) is 0 Å². The lowest BCUT2D eigenvalue weighted by Gasteiger charge is -2.07. The number of hydrogen-bond donors (Lipinski definition) is 1. The third-order valence-corrected chi connectivity index (χ3v) is 4.63. The summed E-state index contributed by atoms with van der Waals surface area (Å²) in [6.07, 6.45) is 3.38. The third-order valence-electron chi connectivity index (χ3n) is 3.67. The van der Waals surface area contributed by atoms with E-state index in [4.69, 9.17) is 0 Å². The summed E-state index contributed by atoms with van der Waals surface area (Å²) in [4.78, 5) is 26.3. The molecule has 27 heavy (non-hydrogen) atoms. The summed E-state index contributed by atoms with van der Waals surface area (Å²) >= 11 is 1.28. The summed E-state index contributed by atoms with van der Waals surface area (Å²) in [5.74, 6) is 0.633. The van der Waals surface area contributed by atoms with E-state index in [1.165, 1.54) is 36.0 Å². The molecule has 0 fully saturated rings. The van der Waals surface area contributed by atoms with Gasteiger partial charge in [0.05, 0.1) is 10.7 Å². The van der Waals surface area contributed by atoms with E-state index in [2.05, 4.69) is 20.5 Å². The Kier molecular flexibility index (Phi) is 5.77. The maximum Gasteiger partial charge on any atom is 0.269 e. The Bertz CT molecular complexity index is 943. The number of carbonyl (C=O) groups excluding carboxylic acids is 1. The molecule has 138 valence electrons. The Morgan fingerprint density at radius 3 is 2.52 bits per heavy atom. The molecule has 0 aliphatic rings. The van der Waals surface area contributed by atoms with E-state index in [-0.39, 0.29) is 17.3 Å². The number of anilines is 1. The van der Waals surface area contributed by atoms with Gasteiger partial charge in [0.2, 0.25) is 5.91 Å². The fourth-order valence-corrected chi connectivity index (χ4v) is 3.19. The first-order chi connectivity index (χ1) is 13.1. The Balaban J connectivity index is 1.63. The van der Waals surface area contributed by atoms with Crippen molar-refractivity contribution in [2.24, 2.45) is 0 Å². The lowest BCUT2D eigenvalue weighted by atomic mass is 10.2. The van der Waals surface area contributed by atoms with Crippen LogP contribution in [-0.2, 0) is 11.3 Å². The molecule has 0 radical (unpaired) electrons. The van der Waals surface area contributed by atoms with Crippen molar-refractivity contribution in [1.82, 2.24) is 19.7 Å². The first-order valence-electron chi connectivity index (χ1n) is 8.09. The molecule has 9 nitrogen and oxygen atoms in total. The number of nitro benzene ring substituents is 1. The van der Waals surface area contributed by atoms with Gasteiger partial charge in [-0.1, -0.05) is 11.8 Å². The highest BCUT2D eigenvalue weighted by atomic mass is 32.2. The van der Waals surface area contributed by atoms with E-state index in [9.17, 15) is 14.9 Å². The minimum absolute atomic E-state index is 0.0259. The number of nitrogens with one attached hydrogen (secondary N) is 1. The molecular formula is C17H16N6O3S. The number of amides is 1. The van der Waals surface area contributed by atoms with E-state index < -0.39 is 4.92 Å². The van der Waals surface area contributed by atoms with Gasteiger partial charge in [-0.05, 0) is 31.2 Å². The van der Waals surface area contributed by atoms with Crippen molar-refractivity contribution in [1.29, 1.82) is 0 Å². The lowest BCUT2D eigenvalue weighted by Crippen LogP contribution is -2.14. The van der Waals surface area contributed by atoms with Crippen LogP contribution < -0.4 is 5.32 Å². The molecule has 0 aliphatic heterocycles. The van der Waals surface area contributed by atoms with Crippen molar-refractivity contribution >= 4 is 29.0 Å². The molecule has 2 heterocycles. The molecule has 1 aromatic carbocycles. The second kappa shape index (κ2) is 8.41. The zero-order valence-electron chi connectivity index (χ0n) is 14.4. The molecule has 0 aliphatic carbocycles. The Morgan fingerprint density at radius 2 is 1.89 bits per heavy atom. The summed E-state index contributed by atoms with van der Waals surface area (Å²) in [5.41, 5.74) is 1.38. The van der Waals surface area contributed by atoms with Crippen LogP contribution in [0.4, 0.5) is 11.4 Å². The van der Waals surface area contributed by atoms with Crippen LogP contribution in [0.3, 0.4) is 0 Å². The SMILES string of the molecule is CCn1c(SCC(=O)Nc2ccc([N+](=O)[O-])cc2)nnc1-c1ccncc1. The zero-order valence-corrected chi connectivity index (χ0v) is 15.2. The van der Waals surface area contributed by atoms with Gasteiger partial charge in [-0.15, -0.1) is 10.2 Å². The minimum Gasteiger partial charge on any atom is -0.325 e. The number of aromatic nitrogens is 4. The molecule has 3 rings (SSSR count). The topological polar surface area (TPSA) is 116 Å². The van der Waals surface area contributed by atoms with Crippen LogP contribution in [0, 0.1) is 10.1 Å². The number of nitrogens with zero attached hydrogens (tertiary/aromatic N) is 5. The Hall–Kier alpha value is -3.27. The smallest absolute Gasteiger partial charge is 0.269 e. The standard InChI is InChI=1S/C17H16N6O3S/c1-2-22-16(12-7-9-18-10-8-12)20-21-17(22)27-11-15(24)19-13-3-5-14(6-4-13)23(25)26/h3-10H,2,11H2,1H3,(H,19,24). The van der Waals surface area contributed by atoms with Gasteiger partial charge in [0.25, 0.3) is 5.69 Å². The van der Waals surface area contributed by atoms with E-state index in [1.807, 2.05) is 23.6 Å². The maximum atomic E-state index is 12.1. The van der Waals surface area contributed by atoms with Crippen LogP contribution in [0.1, 0.15) is 6.92 Å². The summed E-state index contributed by atoms with van der Waals surface area (Å²) in [7, 11) is 0. The molecule has 1 N–H and O–H groups in total. The zero-order chi connectivity index (χ0) is 19.2. The van der Waals surface area contributed by atoms with Crippen molar-refractivity contribution in [3.05, 3.63) is 58.9 Å². The number of carbonyl (C=O) groups is 1. The fourth-order valence-electron chi connectivity index (χ4n) is 2.39. The van der Waals surface area contributed by atoms with Crippen LogP contribution in [0.5, 0.6) is 0 Å².